The van der Waals surface area contributed by atoms with Crippen LogP contribution < -0.4 is 0 Å². The number of carbonyl (C=O) groups excluding carboxylic acids is 2. The zero-order valence-corrected chi connectivity index (χ0v) is 13.6. The van der Waals surface area contributed by atoms with E-state index in [-0.39, 0.29) is 11.6 Å². The van der Waals surface area contributed by atoms with E-state index in [1.807, 2.05) is 54.6 Å². The molecule has 0 spiro atoms. The van der Waals surface area contributed by atoms with Gasteiger partial charge in [0.05, 0.1) is 5.92 Å². The number of benzene rings is 1. The fourth-order valence-corrected chi connectivity index (χ4v) is 3.80. The van der Waals surface area contributed by atoms with Crippen LogP contribution in [0.4, 0.5) is 0 Å². The van der Waals surface area contributed by atoms with Gasteiger partial charge in [-0.05, 0) is 40.8 Å². The van der Waals surface area contributed by atoms with E-state index in [2.05, 4.69) is 9.24 Å². The Morgan fingerprint density at radius 1 is 1.09 bits per heavy atom. The molecule has 0 fully saturated rings. The highest BCUT2D eigenvalue weighted by Gasteiger charge is 2.36. The number of hydrogen-bond acceptors (Lipinski definition) is 2. The minimum absolute atomic E-state index is 0.00578. The summed E-state index contributed by atoms with van der Waals surface area (Å²) in [4.78, 5) is 25.5. The van der Waals surface area contributed by atoms with E-state index in [4.69, 9.17) is 0 Å². The lowest BCUT2D eigenvalue weighted by Crippen LogP contribution is -2.26. The normalized spacial score (nSPS) is 22.6. The SMILES string of the molecule is O=C1C=CC2=CC=CCC2=C1[C@H]1C(=O)C(P)=Cc2ccccc21. The third kappa shape index (κ3) is 2.22. The van der Waals surface area contributed by atoms with Crippen molar-refractivity contribution >= 4 is 26.9 Å². The van der Waals surface area contributed by atoms with Crippen molar-refractivity contribution in [2.24, 2.45) is 0 Å². The number of rotatable bonds is 1. The van der Waals surface area contributed by atoms with Crippen molar-refractivity contribution in [3.63, 3.8) is 0 Å². The highest BCUT2D eigenvalue weighted by molar-refractivity contribution is 7.25. The molecule has 0 bridgehead atoms. The number of fused-ring (bicyclic) bond motifs is 2. The molecule has 0 saturated heterocycles. The Balaban J connectivity index is 1.96. The van der Waals surface area contributed by atoms with Gasteiger partial charge < -0.3 is 0 Å². The standard InChI is InChI=1S/C20H15O2P/c21-16-10-9-12-5-1-3-7-14(12)18(16)19-15-8-4-2-6-13(15)11-17(23)20(19)22/h1-6,8-11,19H,7,23H2/t19-/m0/s1. The number of allylic oxidation sites excluding steroid dienone is 9. The van der Waals surface area contributed by atoms with Crippen LogP contribution in [0.5, 0.6) is 0 Å². The minimum atomic E-state index is -0.508. The second kappa shape index (κ2) is 5.40. The molecule has 0 aromatic heterocycles. The van der Waals surface area contributed by atoms with Gasteiger partial charge in [-0.2, -0.15) is 0 Å². The van der Waals surface area contributed by atoms with E-state index in [0.29, 0.717) is 17.3 Å². The van der Waals surface area contributed by atoms with Crippen LogP contribution in [-0.4, -0.2) is 11.6 Å². The van der Waals surface area contributed by atoms with Crippen LogP contribution in [0, 0.1) is 0 Å². The molecule has 2 nitrogen and oxygen atoms in total. The predicted molar refractivity (Wildman–Crippen MR) is 94.9 cm³/mol. The van der Waals surface area contributed by atoms with E-state index >= 15 is 0 Å². The average molecular weight is 318 g/mol. The highest BCUT2D eigenvalue weighted by atomic mass is 31.0. The summed E-state index contributed by atoms with van der Waals surface area (Å²) >= 11 is 0. The molecule has 0 heterocycles. The summed E-state index contributed by atoms with van der Waals surface area (Å²) in [6.07, 6.45) is 12.0. The van der Waals surface area contributed by atoms with Crippen LogP contribution in [0.3, 0.4) is 0 Å². The number of ketones is 2. The molecule has 0 aliphatic heterocycles. The molecule has 1 unspecified atom stereocenters. The van der Waals surface area contributed by atoms with Crippen molar-refractivity contribution in [3.8, 4) is 0 Å². The minimum Gasteiger partial charge on any atom is -0.293 e. The zero-order valence-electron chi connectivity index (χ0n) is 12.5. The summed E-state index contributed by atoms with van der Waals surface area (Å²) in [5, 5.41) is 0.626. The molecule has 1 aromatic carbocycles. The zero-order chi connectivity index (χ0) is 16.0. The Morgan fingerprint density at radius 3 is 2.78 bits per heavy atom. The largest absolute Gasteiger partial charge is 0.293 e. The molecule has 3 heteroatoms. The van der Waals surface area contributed by atoms with Gasteiger partial charge in [0.2, 0.25) is 0 Å². The van der Waals surface area contributed by atoms with Gasteiger partial charge in [0.25, 0.3) is 0 Å². The number of Topliss-reactive ketones (excluding diaryl/α,β-unsaturated/α-hetero) is 1. The van der Waals surface area contributed by atoms with Crippen LogP contribution in [0.15, 0.2) is 76.7 Å². The van der Waals surface area contributed by atoms with Gasteiger partial charge in [0.15, 0.2) is 11.6 Å². The van der Waals surface area contributed by atoms with Crippen molar-refractivity contribution in [1.29, 1.82) is 0 Å². The first kappa shape index (κ1) is 14.3. The van der Waals surface area contributed by atoms with Gasteiger partial charge in [-0.1, -0.05) is 48.6 Å². The van der Waals surface area contributed by atoms with Crippen molar-refractivity contribution in [1.82, 2.24) is 0 Å². The maximum atomic E-state index is 12.9. The number of hydrogen-bond donors (Lipinski definition) is 0. The molecule has 1 aromatic rings. The third-order valence-electron chi connectivity index (χ3n) is 4.54. The van der Waals surface area contributed by atoms with Gasteiger partial charge in [0.1, 0.15) is 0 Å². The van der Waals surface area contributed by atoms with Gasteiger partial charge in [-0.15, -0.1) is 9.24 Å². The molecule has 0 N–H and O–H groups in total. The second-order valence-corrected chi connectivity index (χ2v) is 6.49. The molecular weight excluding hydrogens is 303 g/mol. The monoisotopic (exact) mass is 318 g/mol. The lowest BCUT2D eigenvalue weighted by molar-refractivity contribution is -0.118. The van der Waals surface area contributed by atoms with Gasteiger partial charge in [-0.25, -0.2) is 0 Å². The van der Waals surface area contributed by atoms with Crippen LogP contribution in [0.1, 0.15) is 23.5 Å². The van der Waals surface area contributed by atoms with Crippen LogP contribution in [-0.2, 0) is 9.59 Å². The van der Waals surface area contributed by atoms with Crippen molar-refractivity contribution in [2.45, 2.75) is 12.3 Å². The van der Waals surface area contributed by atoms with Crippen molar-refractivity contribution in [2.75, 3.05) is 0 Å². The number of carbonyl (C=O) groups is 2. The molecule has 3 aliphatic rings. The average Bonchev–Trinajstić information content (AvgIpc) is 2.57. The quantitative estimate of drug-likeness (QED) is 0.736. The van der Waals surface area contributed by atoms with E-state index in [1.165, 1.54) is 0 Å². The summed E-state index contributed by atoms with van der Waals surface area (Å²) < 4.78 is 0. The first-order chi connectivity index (χ1) is 11.2. The lowest BCUT2D eigenvalue weighted by atomic mass is 9.74. The summed E-state index contributed by atoms with van der Waals surface area (Å²) in [6, 6.07) is 7.82. The molecule has 2 atom stereocenters. The third-order valence-corrected chi connectivity index (χ3v) is 4.99. The topological polar surface area (TPSA) is 34.1 Å². The first-order valence-corrected chi connectivity index (χ1v) is 8.17. The molecule has 3 aliphatic carbocycles. The van der Waals surface area contributed by atoms with Gasteiger partial charge in [0, 0.05) is 10.9 Å². The van der Waals surface area contributed by atoms with E-state index in [9.17, 15) is 9.59 Å². The van der Waals surface area contributed by atoms with Gasteiger partial charge >= 0.3 is 0 Å². The molecule has 112 valence electrons. The fraction of sp³-hybridized carbons (Fsp3) is 0.100. The Labute approximate surface area is 137 Å². The maximum absolute atomic E-state index is 12.9. The summed E-state index contributed by atoms with van der Waals surface area (Å²) in [5.41, 5.74) is 4.58. The fourth-order valence-electron chi connectivity index (χ4n) is 3.46. The van der Waals surface area contributed by atoms with Crippen LogP contribution >= 0.6 is 9.24 Å². The molecule has 0 radical (unpaired) electrons. The summed E-state index contributed by atoms with van der Waals surface area (Å²) in [7, 11) is 2.51. The predicted octanol–water partition coefficient (Wildman–Crippen LogP) is 3.89. The molecule has 0 saturated carbocycles. The first-order valence-electron chi connectivity index (χ1n) is 7.60. The second-order valence-electron chi connectivity index (χ2n) is 5.87. The van der Waals surface area contributed by atoms with Crippen molar-refractivity contribution < 1.29 is 9.59 Å². The highest BCUT2D eigenvalue weighted by Crippen LogP contribution is 2.42. The molecular formula is C20H15O2P. The van der Waals surface area contributed by atoms with Crippen LogP contribution in [0.25, 0.3) is 6.08 Å². The Kier molecular flexibility index (Phi) is 3.36. The van der Waals surface area contributed by atoms with Crippen molar-refractivity contribution in [3.05, 3.63) is 87.8 Å². The van der Waals surface area contributed by atoms with E-state index in [1.54, 1.807) is 6.08 Å². The van der Waals surface area contributed by atoms with E-state index in [0.717, 1.165) is 22.3 Å². The van der Waals surface area contributed by atoms with Crippen LogP contribution in [0.2, 0.25) is 0 Å². The summed E-state index contributed by atoms with van der Waals surface area (Å²) in [5.74, 6) is -0.569. The lowest BCUT2D eigenvalue weighted by Gasteiger charge is -2.29. The van der Waals surface area contributed by atoms with E-state index < -0.39 is 5.92 Å². The Morgan fingerprint density at radius 2 is 1.91 bits per heavy atom. The van der Waals surface area contributed by atoms with Gasteiger partial charge in [-0.3, -0.25) is 9.59 Å². The molecule has 23 heavy (non-hydrogen) atoms. The summed E-state index contributed by atoms with van der Waals surface area (Å²) in [6.45, 7) is 0. The molecule has 0 amide bonds. The Hall–Kier alpha value is -2.31. The Bertz CT molecular complexity index is 894. The smallest absolute Gasteiger partial charge is 0.183 e. The maximum Gasteiger partial charge on any atom is 0.183 e. The molecule has 4 rings (SSSR count).